The van der Waals surface area contributed by atoms with E-state index in [2.05, 4.69) is 73.2 Å². The third kappa shape index (κ3) is 6.24. The number of nitrogens with one attached hydrogen (secondary N) is 4. The van der Waals surface area contributed by atoms with Crippen LogP contribution in [0.3, 0.4) is 0 Å². The zero-order valence-electron chi connectivity index (χ0n) is 19.4. The van der Waals surface area contributed by atoms with E-state index >= 15 is 0 Å². The predicted octanol–water partition coefficient (Wildman–Crippen LogP) is 5.82. The van der Waals surface area contributed by atoms with Gasteiger partial charge in [0, 0.05) is 17.1 Å². The van der Waals surface area contributed by atoms with Gasteiger partial charge in [-0.1, -0.05) is 64.3 Å². The molecule has 1 spiro atoms. The molecule has 0 aromatic heterocycles. The number of carbonyl (C=O) groups is 1. The zero-order valence-corrected chi connectivity index (χ0v) is 20.2. The van der Waals surface area contributed by atoms with Crippen molar-refractivity contribution in [2.75, 3.05) is 5.32 Å². The molecule has 1 aromatic rings. The molecular formula is C25H39ClN4O. The van der Waals surface area contributed by atoms with Crippen LogP contribution in [0.5, 0.6) is 0 Å². The van der Waals surface area contributed by atoms with Crippen molar-refractivity contribution in [3.63, 3.8) is 0 Å². The van der Waals surface area contributed by atoms with E-state index in [4.69, 9.17) is 11.6 Å². The molecule has 1 fully saturated rings. The molecule has 1 aromatic carbocycles. The third-order valence-corrected chi connectivity index (χ3v) is 7.37. The van der Waals surface area contributed by atoms with Crippen LogP contribution in [0.2, 0.25) is 0 Å². The van der Waals surface area contributed by atoms with Crippen molar-refractivity contribution in [2.24, 2.45) is 5.41 Å². The van der Waals surface area contributed by atoms with E-state index in [-0.39, 0.29) is 34.7 Å². The van der Waals surface area contributed by atoms with Gasteiger partial charge in [-0.15, -0.1) is 11.6 Å². The first-order chi connectivity index (χ1) is 14.7. The van der Waals surface area contributed by atoms with Gasteiger partial charge in [0.15, 0.2) is 0 Å². The summed E-state index contributed by atoms with van der Waals surface area (Å²) in [6, 6.07) is 7.91. The monoisotopic (exact) mass is 446 g/mol. The Morgan fingerprint density at radius 3 is 2.45 bits per heavy atom. The van der Waals surface area contributed by atoms with Crippen molar-refractivity contribution >= 4 is 23.3 Å². The van der Waals surface area contributed by atoms with E-state index in [9.17, 15) is 4.79 Å². The van der Waals surface area contributed by atoms with Crippen molar-refractivity contribution < 1.29 is 4.79 Å². The van der Waals surface area contributed by atoms with Crippen LogP contribution >= 0.6 is 11.6 Å². The molecular weight excluding hydrogens is 408 g/mol. The van der Waals surface area contributed by atoms with Gasteiger partial charge in [-0.3, -0.25) is 10.6 Å². The van der Waals surface area contributed by atoms with Gasteiger partial charge < -0.3 is 10.6 Å². The number of hydrogen-bond acceptors (Lipinski definition) is 3. The molecule has 0 radical (unpaired) electrons. The number of amides is 2. The number of urea groups is 1. The fourth-order valence-corrected chi connectivity index (χ4v) is 5.16. The topological polar surface area (TPSA) is 65.2 Å². The van der Waals surface area contributed by atoms with Gasteiger partial charge in [0.2, 0.25) is 0 Å². The molecule has 4 unspecified atom stereocenters. The third-order valence-electron chi connectivity index (χ3n) is 6.81. The van der Waals surface area contributed by atoms with Crippen molar-refractivity contribution in [3.8, 4) is 0 Å². The van der Waals surface area contributed by atoms with Gasteiger partial charge in [-0.25, -0.2) is 4.79 Å². The molecule has 4 atom stereocenters. The van der Waals surface area contributed by atoms with Gasteiger partial charge in [-0.05, 0) is 55.7 Å². The largest absolute Gasteiger partial charge is 0.321 e. The van der Waals surface area contributed by atoms with Crippen molar-refractivity contribution in [1.82, 2.24) is 16.0 Å². The Kier molecular flexibility index (Phi) is 8.06. The maximum Gasteiger partial charge on any atom is 0.321 e. The Hall–Kier alpha value is -1.56. The van der Waals surface area contributed by atoms with Crippen LogP contribution in [0, 0.1) is 5.41 Å². The fourth-order valence-electron chi connectivity index (χ4n) is 4.65. The normalized spacial score (nSPS) is 31.1. The van der Waals surface area contributed by atoms with E-state index in [1.54, 1.807) is 0 Å². The molecule has 4 N–H and O–H groups in total. The van der Waals surface area contributed by atoms with Crippen LogP contribution in [0.25, 0.3) is 0 Å². The highest BCUT2D eigenvalue weighted by Gasteiger charge is 2.46. The molecule has 0 saturated carbocycles. The maximum absolute atomic E-state index is 12.6. The number of anilines is 1. The quantitative estimate of drug-likeness (QED) is 0.263. The van der Waals surface area contributed by atoms with Crippen LogP contribution in [-0.2, 0) is 5.41 Å². The van der Waals surface area contributed by atoms with E-state index in [1.807, 2.05) is 12.1 Å². The highest BCUT2D eigenvalue weighted by molar-refractivity contribution is 6.21. The lowest BCUT2D eigenvalue weighted by Gasteiger charge is -2.50. The fraction of sp³-hybridized carbons (Fsp3) is 0.640. The second-order valence-corrected chi connectivity index (χ2v) is 10.6. The minimum Gasteiger partial charge on any atom is -0.310 e. The summed E-state index contributed by atoms with van der Waals surface area (Å²) in [6.07, 6.45) is 12.4. The summed E-state index contributed by atoms with van der Waals surface area (Å²) >= 11 is 6.91. The summed E-state index contributed by atoms with van der Waals surface area (Å²) in [4.78, 5) is 12.6. The summed E-state index contributed by atoms with van der Waals surface area (Å²) in [5, 5.41) is 12.8. The van der Waals surface area contributed by atoms with E-state index in [0.29, 0.717) is 0 Å². The molecule has 5 nitrogen and oxygen atoms in total. The van der Waals surface area contributed by atoms with Crippen LogP contribution in [0.15, 0.2) is 36.4 Å². The van der Waals surface area contributed by atoms with E-state index in [1.165, 1.54) is 31.2 Å². The van der Waals surface area contributed by atoms with Gasteiger partial charge in [0.1, 0.15) is 6.29 Å². The summed E-state index contributed by atoms with van der Waals surface area (Å²) in [5.41, 5.74) is 1.81. The molecule has 2 aliphatic rings. The van der Waals surface area contributed by atoms with Crippen LogP contribution < -0.4 is 21.3 Å². The van der Waals surface area contributed by atoms with E-state index < -0.39 is 0 Å². The van der Waals surface area contributed by atoms with Crippen LogP contribution in [0.1, 0.15) is 78.2 Å². The number of allylic oxidation sites excluding steroid dienone is 2. The standard InChI is InChI=1S/C25H39ClN4O/c1-18-25(16-10-8-6-5-7-9-11-17-25)21(26)29-22(27-18)30-23(31)28-20-14-12-19(13-15-20)24(2,3)4/h8,10,12-15,18,21-22,27,29H,5-7,9,11,16-17H2,1-4H3,(H2,28,30,31)/b10-8-. The van der Waals surface area contributed by atoms with Crippen molar-refractivity contribution in [3.05, 3.63) is 42.0 Å². The maximum atomic E-state index is 12.6. The molecule has 6 heteroatoms. The molecule has 1 aliphatic heterocycles. The highest BCUT2D eigenvalue weighted by atomic mass is 35.5. The number of halogens is 1. The molecule has 172 valence electrons. The van der Waals surface area contributed by atoms with Crippen LogP contribution in [-0.4, -0.2) is 23.9 Å². The van der Waals surface area contributed by atoms with Gasteiger partial charge in [-0.2, -0.15) is 0 Å². The zero-order chi connectivity index (χ0) is 22.5. The molecule has 1 aliphatic carbocycles. The Morgan fingerprint density at radius 2 is 1.77 bits per heavy atom. The molecule has 1 saturated heterocycles. The highest BCUT2D eigenvalue weighted by Crippen LogP contribution is 2.41. The van der Waals surface area contributed by atoms with E-state index in [0.717, 1.165) is 24.9 Å². The van der Waals surface area contributed by atoms with Crippen molar-refractivity contribution in [1.29, 1.82) is 0 Å². The molecule has 3 rings (SSSR count). The second kappa shape index (κ2) is 10.4. The lowest BCUT2D eigenvalue weighted by Crippen LogP contribution is -2.71. The Balaban J connectivity index is 1.59. The molecule has 2 amide bonds. The first-order valence-corrected chi connectivity index (χ1v) is 12.1. The average molecular weight is 447 g/mol. The van der Waals surface area contributed by atoms with Gasteiger partial charge in [0.25, 0.3) is 0 Å². The minimum atomic E-state index is -0.378. The lowest BCUT2D eigenvalue weighted by molar-refractivity contribution is 0.0784. The van der Waals surface area contributed by atoms with Crippen LogP contribution in [0.4, 0.5) is 10.5 Å². The number of alkyl halides is 1. The van der Waals surface area contributed by atoms with Gasteiger partial charge >= 0.3 is 6.03 Å². The first kappa shape index (κ1) is 24.1. The average Bonchev–Trinajstić information content (AvgIpc) is 2.70. The molecule has 1 heterocycles. The number of hydrogen-bond donors (Lipinski definition) is 4. The second-order valence-electron chi connectivity index (χ2n) is 10.1. The first-order valence-electron chi connectivity index (χ1n) is 11.7. The Bertz CT molecular complexity index is 744. The Labute approximate surface area is 192 Å². The lowest BCUT2D eigenvalue weighted by atomic mass is 9.72. The SMILES string of the molecule is CC1NC(NC(=O)Nc2ccc(C(C)(C)C)cc2)NC(Cl)C12C/C=C\CCCCCC2. The number of rotatable bonds is 2. The smallest absolute Gasteiger partial charge is 0.310 e. The number of carbonyl (C=O) groups excluding carboxylic acids is 1. The molecule has 0 bridgehead atoms. The Morgan fingerprint density at radius 1 is 1.06 bits per heavy atom. The van der Waals surface area contributed by atoms with Gasteiger partial charge in [0.05, 0.1) is 5.50 Å². The summed E-state index contributed by atoms with van der Waals surface area (Å²) in [7, 11) is 0. The molecule has 31 heavy (non-hydrogen) atoms. The summed E-state index contributed by atoms with van der Waals surface area (Å²) in [5.74, 6) is 0. The predicted molar refractivity (Wildman–Crippen MR) is 130 cm³/mol. The number of benzene rings is 1. The van der Waals surface area contributed by atoms with Crippen molar-refractivity contribution in [2.45, 2.75) is 95.9 Å². The summed E-state index contributed by atoms with van der Waals surface area (Å²) in [6.45, 7) is 8.71. The summed E-state index contributed by atoms with van der Waals surface area (Å²) < 4.78 is 0. The minimum absolute atomic E-state index is 0.0627.